The van der Waals surface area contributed by atoms with Crippen LogP contribution in [0.3, 0.4) is 0 Å². The van der Waals surface area contributed by atoms with E-state index in [-0.39, 0.29) is 23.5 Å². The van der Waals surface area contributed by atoms with Gasteiger partial charge in [0, 0.05) is 35.5 Å². The summed E-state index contributed by atoms with van der Waals surface area (Å²) in [5.74, 6) is -0.648. The maximum atomic E-state index is 13.5. The monoisotopic (exact) mass is 609 g/mol. The molecule has 43 heavy (non-hydrogen) atoms. The SMILES string of the molecule is CC(C)(Cc1ccc(F)cc1)NC(=O)c1csc(C2CCN(C(=O)c3ccccc3-c3ccc(C(F)(F)F)cc3)CC2)n1. The van der Waals surface area contributed by atoms with Gasteiger partial charge in [0.15, 0.2) is 0 Å². The smallest absolute Gasteiger partial charge is 0.345 e. The van der Waals surface area contributed by atoms with Crippen molar-refractivity contribution < 1.29 is 27.2 Å². The summed E-state index contributed by atoms with van der Waals surface area (Å²) in [5.41, 5.74) is 1.52. The van der Waals surface area contributed by atoms with Gasteiger partial charge in [-0.3, -0.25) is 9.59 Å². The second-order valence-electron chi connectivity index (χ2n) is 11.4. The molecule has 1 fully saturated rings. The van der Waals surface area contributed by atoms with Gasteiger partial charge < -0.3 is 10.2 Å². The molecule has 5 nitrogen and oxygen atoms in total. The first-order valence-corrected chi connectivity index (χ1v) is 14.9. The second-order valence-corrected chi connectivity index (χ2v) is 12.3. The Balaban J connectivity index is 1.20. The van der Waals surface area contributed by atoms with Crippen molar-refractivity contribution in [1.29, 1.82) is 0 Å². The standard InChI is InChI=1S/C33H31F4N3O2S/c1-32(2,19-21-7-13-25(34)14-8-21)39-29(41)28-20-43-30(38-28)23-15-17-40(18-16-23)31(42)27-6-4-3-5-26(27)22-9-11-24(12-10-22)33(35,36)37/h3-14,20,23H,15-19H2,1-2H3,(H,39,41). The molecular weight excluding hydrogens is 578 g/mol. The zero-order valence-corrected chi connectivity index (χ0v) is 24.6. The molecule has 0 bridgehead atoms. The Kier molecular flexibility index (Phi) is 8.69. The average Bonchev–Trinajstić information content (AvgIpc) is 3.48. The van der Waals surface area contributed by atoms with Crippen LogP contribution in [0.4, 0.5) is 17.6 Å². The Hall–Kier alpha value is -4.05. The molecule has 0 aliphatic carbocycles. The molecule has 1 N–H and O–H groups in total. The fourth-order valence-electron chi connectivity index (χ4n) is 5.37. The fourth-order valence-corrected chi connectivity index (χ4v) is 6.34. The van der Waals surface area contributed by atoms with Gasteiger partial charge in [0.1, 0.15) is 11.5 Å². The van der Waals surface area contributed by atoms with Crippen molar-refractivity contribution in [2.45, 2.75) is 50.7 Å². The van der Waals surface area contributed by atoms with Gasteiger partial charge >= 0.3 is 6.18 Å². The van der Waals surface area contributed by atoms with Crippen molar-refractivity contribution in [3.63, 3.8) is 0 Å². The molecule has 0 spiro atoms. The first-order valence-electron chi connectivity index (χ1n) is 14.0. The number of thiazole rings is 1. The van der Waals surface area contributed by atoms with Crippen molar-refractivity contribution in [1.82, 2.24) is 15.2 Å². The second kappa shape index (κ2) is 12.3. The molecule has 0 radical (unpaired) electrons. The molecule has 10 heteroatoms. The van der Waals surface area contributed by atoms with Crippen LogP contribution < -0.4 is 5.32 Å². The number of rotatable bonds is 7. The van der Waals surface area contributed by atoms with E-state index in [2.05, 4.69) is 10.3 Å². The molecule has 1 aliphatic rings. The highest BCUT2D eigenvalue weighted by Crippen LogP contribution is 2.34. The van der Waals surface area contributed by atoms with Crippen molar-refractivity contribution in [3.8, 4) is 11.1 Å². The summed E-state index contributed by atoms with van der Waals surface area (Å²) < 4.78 is 52.3. The van der Waals surface area contributed by atoms with Crippen molar-refractivity contribution in [2.75, 3.05) is 13.1 Å². The first-order chi connectivity index (χ1) is 20.4. The highest BCUT2D eigenvalue weighted by atomic mass is 32.1. The van der Waals surface area contributed by atoms with Gasteiger partial charge in [-0.25, -0.2) is 9.37 Å². The number of alkyl halides is 3. The molecule has 1 aliphatic heterocycles. The Bertz CT molecular complexity index is 1590. The van der Waals surface area contributed by atoms with E-state index in [1.165, 1.54) is 35.6 Å². The summed E-state index contributed by atoms with van der Waals surface area (Å²) >= 11 is 1.43. The number of carbonyl (C=O) groups excluding carboxylic acids is 2. The number of hydrogen-bond donors (Lipinski definition) is 1. The lowest BCUT2D eigenvalue weighted by molar-refractivity contribution is -0.137. The quantitative estimate of drug-likeness (QED) is 0.218. The third-order valence-corrected chi connectivity index (χ3v) is 8.59. The molecule has 0 saturated carbocycles. The van der Waals surface area contributed by atoms with Crippen LogP contribution in [0.2, 0.25) is 0 Å². The number of piperidine rings is 1. The minimum Gasteiger partial charge on any atom is -0.345 e. The number of benzene rings is 3. The average molecular weight is 610 g/mol. The van der Waals surface area contributed by atoms with Crippen molar-refractivity contribution in [2.24, 2.45) is 0 Å². The van der Waals surface area contributed by atoms with Crippen LogP contribution in [0.1, 0.15) is 69.6 Å². The minimum atomic E-state index is -4.43. The minimum absolute atomic E-state index is 0.105. The highest BCUT2D eigenvalue weighted by molar-refractivity contribution is 7.09. The van der Waals surface area contributed by atoms with Gasteiger partial charge in [0.2, 0.25) is 0 Å². The lowest BCUT2D eigenvalue weighted by Gasteiger charge is -2.31. The molecule has 1 saturated heterocycles. The third-order valence-electron chi connectivity index (χ3n) is 7.58. The molecule has 1 aromatic heterocycles. The largest absolute Gasteiger partial charge is 0.416 e. The number of amides is 2. The van der Waals surface area contributed by atoms with E-state index in [0.29, 0.717) is 54.7 Å². The van der Waals surface area contributed by atoms with Crippen LogP contribution in [-0.4, -0.2) is 40.3 Å². The van der Waals surface area contributed by atoms with Crippen LogP contribution in [0.5, 0.6) is 0 Å². The summed E-state index contributed by atoms with van der Waals surface area (Å²) in [6.07, 6.45) is -2.54. The Morgan fingerprint density at radius 1 is 0.953 bits per heavy atom. The van der Waals surface area contributed by atoms with Crippen LogP contribution in [0, 0.1) is 5.82 Å². The van der Waals surface area contributed by atoms with Gasteiger partial charge in [0.25, 0.3) is 11.8 Å². The lowest BCUT2D eigenvalue weighted by Crippen LogP contribution is -2.45. The Morgan fingerprint density at radius 3 is 2.26 bits per heavy atom. The zero-order valence-electron chi connectivity index (χ0n) is 23.7. The summed E-state index contributed by atoms with van der Waals surface area (Å²) in [6.45, 7) is 4.81. The molecule has 3 aromatic carbocycles. The van der Waals surface area contributed by atoms with Crippen LogP contribution >= 0.6 is 11.3 Å². The molecule has 0 unspecified atom stereocenters. The van der Waals surface area contributed by atoms with Crippen molar-refractivity contribution >= 4 is 23.2 Å². The molecule has 0 atom stereocenters. The van der Waals surface area contributed by atoms with Gasteiger partial charge in [-0.1, -0.05) is 42.5 Å². The van der Waals surface area contributed by atoms with Gasteiger partial charge in [-0.05, 0) is 80.1 Å². The number of carbonyl (C=O) groups is 2. The molecule has 5 rings (SSSR count). The van der Waals surface area contributed by atoms with E-state index in [4.69, 9.17) is 0 Å². The van der Waals surface area contributed by atoms with E-state index in [1.54, 1.807) is 46.7 Å². The van der Waals surface area contributed by atoms with E-state index in [0.717, 1.165) is 22.7 Å². The highest BCUT2D eigenvalue weighted by Gasteiger charge is 2.31. The Morgan fingerprint density at radius 2 is 1.60 bits per heavy atom. The summed E-state index contributed by atoms with van der Waals surface area (Å²) in [6, 6.07) is 18.0. The number of likely N-dealkylation sites (tertiary alicyclic amines) is 1. The third kappa shape index (κ3) is 7.30. The lowest BCUT2D eigenvalue weighted by atomic mass is 9.94. The fraction of sp³-hybridized carbons (Fsp3) is 0.303. The topological polar surface area (TPSA) is 62.3 Å². The van der Waals surface area contributed by atoms with Crippen LogP contribution in [0.15, 0.2) is 78.2 Å². The molecule has 4 aromatic rings. The van der Waals surface area contributed by atoms with Crippen LogP contribution in [-0.2, 0) is 12.6 Å². The number of halogens is 4. The maximum Gasteiger partial charge on any atom is 0.416 e. The maximum absolute atomic E-state index is 13.5. The molecular formula is C33H31F4N3O2S. The first kappa shape index (κ1) is 30.4. The predicted molar refractivity (Wildman–Crippen MR) is 159 cm³/mol. The normalized spacial score (nSPS) is 14.5. The summed E-state index contributed by atoms with van der Waals surface area (Å²) in [5, 5.41) is 5.62. The van der Waals surface area contributed by atoms with E-state index >= 15 is 0 Å². The van der Waals surface area contributed by atoms with Crippen molar-refractivity contribution in [3.05, 3.63) is 111 Å². The van der Waals surface area contributed by atoms with E-state index in [9.17, 15) is 27.2 Å². The van der Waals surface area contributed by atoms with Gasteiger partial charge in [-0.15, -0.1) is 11.3 Å². The number of nitrogens with one attached hydrogen (secondary N) is 1. The van der Waals surface area contributed by atoms with E-state index < -0.39 is 17.3 Å². The Labute approximate surface area is 251 Å². The number of nitrogens with zero attached hydrogens (tertiary/aromatic N) is 2. The number of hydrogen-bond acceptors (Lipinski definition) is 4. The molecule has 224 valence electrons. The van der Waals surface area contributed by atoms with Crippen LogP contribution in [0.25, 0.3) is 11.1 Å². The molecule has 2 amide bonds. The summed E-state index contributed by atoms with van der Waals surface area (Å²) in [4.78, 5) is 32.9. The molecule has 2 heterocycles. The van der Waals surface area contributed by atoms with E-state index in [1.807, 2.05) is 13.8 Å². The predicted octanol–water partition coefficient (Wildman–Crippen LogP) is 7.74. The summed E-state index contributed by atoms with van der Waals surface area (Å²) in [7, 11) is 0. The van der Waals surface area contributed by atoms with Gasteiger partial charge in [-0.2, -0.15) is 13.2 Å². The number of aromatic nitrogens is 1. The van der Waals surface area contributed by atoms with Gasteiger partial charge in [0.05, 0.1) is 10.6 Å². The zero-order chi connectivity index (χ0) is 30.8.